The lowest BCUT2D eigenvalue weighted by molar-refractivity contribution is 0.524. The molecule has 0 fully saturated rings. The zero-order chi connectivity index (χ0) is 14.5. The molecule has 1 unspecified atom stereocenters. The lowest BCUT2D eigenvalue weighted by atomic mass is 10.0. The summed E-state index contributed by atoms with van der Waals surface area (Å²) < 4.78 is 13.2. The summed E-state index contributed by atoms with van der Waals surface area (Å²) in [6.07, 6.45) is 1.79. The lowest BCUT2D eigenvalue weighted by Gasteiger charge is -2.19. The van der Waals surface area contributed by atoms with Gasteiger partial charge in [-0.1, -0.05) is 24.6 Å². The Labute approximate surface area is 128 Å². The molecule has 108 valence electrons. The second-order valence-electron chi connectivity index (χ2n) is 4.73. The average Bonchev–Trinajstić information content (AvgIpc) is 2.80. The first kappa shape index (κ1) is 15.4. The quantitative estimate of drug-likeness (QED) is 0.848. The summed E-state index contributed by atoms with van der Waals surface area (Å²) in [5, 5.41) is 7.04. The Hall–Kier alpha value is -0.970. The Morgan fingerprint density at radius 1 is 1.45 bits per heavy atom. The number of benzene rings is 1. The molecule has 0 radical (unpaired) electrons. The molecule has 0 saturated heterocycles. The van der Waals surface area contributed by atoms with E-state index in [2.05, 4.69) is 22.6 Å². The maximum Gasteiger partial charge on any atom is 0.124 e. The van der Waals surface area contributed by atoms with Crippen molar-refractivity contribution < 1.29 is 4.39 Å². The smallest absolute Gasteiger partial charge is 0.124 e. The minimum atomic E-state index is -0.308. The molecule has 5 heteroatoms. The fraction of sp³-hybridized carbons (Fsp3) is 0.400. The molecule has 2 nitrogen and oxygen atoms in total. The van der Waals surface area contributed by atoms with Crippen molar-refractivity contribution in [1.82, 2.24) is 10.3 Å². The van der Waals surface area contributed by atoms with Crippen molar-refractivity contribution in [2.24, 2.45) is 0 Å². The number of hydrogen-bond donors (Lipinski definition) is 1. The third kappa shape index (κ3) is 4.01. The highest BCUT2D eigenvalue weighted by molar-refractivity contribution is 7.09. The molecule has 1 N–H and O–H groups in total. The average molecular weight is 313 g/mol. The van der Waals surface area contributed by atoms with Gasteiger partial charge >= 0.3 is 0 Å². The van der Waals surface area contributed by atoms with Gasteiger partial charge in [0.05, 0.1) is 10.7 Å². The van der Waals surface area contributed by atoms with Crippen molar-refractivity contribution >= 4 is 22.9 Å². The molecule has 0 bridgehead atoms. The highest BCUT2D eigenvalue weighted by atomic mass is 35.5. The minimum Gasteiger partial charge on any atom is -0.310 e. The maximum absolute atomic E-state index is 13.2. The molecule has 20 heavy (non-hydrogen) atoms. The summed E-state index contributed by atoms with van der Waals surface area (Å²) in [6, 6.07) is 4.63. The first-order chi connectivity index (χ1) is 9.60. The monoisotopic (exact) mass is 312 g/mol. The van der Waals surface area contributed by atoms with Gasteiger partial charge in [-0.15, -0.1) is 11.3 Å². The van der Waals surface area contributed by atoms with Crippen LogP contribution in [0.5, 0.6) is 0 Å². The van der Waals surface area contributed by atoms with E-state index in [-0.39, 0.29) is 11.9 Å². The van der Waals surface area contributed by atoms with E-state index in [1.54, 1.807) is 17.4 Å². The highest BCUT2D eigenvalue weighted by Gasteiger charge is 2.16. The summed E-state index contributed by atoms with van der Waals surface area (Å²) in [4.78, 5) is 4.49. The van der Waals surface area contributed by atoms with Crippen LogP contribution >= 0.6 is 22.9 Å². The number of rotatable bonds is 6. The zero-order valence-corrected chi connectivity index (χ0v) is 13.2. The first-order valence-corrected chi connectivity index (χ1v) is 7.95. The molecular weight excluding hydrogens is 295 g/mol. The number of thiazole rings is 1. The molecule has 0 aliphatic carbocycles. The van der Waals surface area contributed by atoms with E-state index >= 15 is 0 Å². The Bertz CT molecular complexity index is 571. The van der Waals surface area contributed by atoms with Crippen LogP contribution in [-0.2, 0) is 6.42 Å². The van der Waals surface area contributed by atoms with Crippen LogP contribution < -0.4 is 5.32 Å². The van der Waals surface area contributed by atoms with E-state index in [9.17, 15) is 4.39 Å². The van der Waals surface area contributed by atoms with E-state index in [0.29, 0.717) is 5.02 Å². The van der Waals surface area contributed by atoms with Crippen molar-refractivity contribution in [2.75, 3.05) is 6.54 Å². The van der Waals surface area contributed by atoms with Crippen molar-refractivity contribution in [1.29, 1.82) is 0 Å². The van der Waals surface area contributed by atoms with Crippen molar-refractivity contribution in [3.05, 3.63) is 50.7 Å². The Kier molecular flexibility index (Phi) is 5.52. The van der Waals surface area contributed by atoms with Gasteiger partial charge in [0, 0.05) is 22.9 Å². The molecular formula is C15H18ClFN2S. The largest absolute Gasteiger partial charge is 0.310 e. The van der Waals surface area contributed by atoms with Crippen molar-refractivity contribution in [2.45, 2.75) is 32.7 Å². The van der Waals surface area contributed by atoms with Gasteiger partial charge in [0.2, 0.25) is 0 Å². The first-order valence-electron chi connectivity index (χ1n) is 6.69. The second kappa shape index (κ2) is 7.16. The third-order valence-electron chi connectivity index (χ3n) is 3.06. The van der Waals surface area contributed by atoms with E-state index in [4.69, 9.17) is 11.6 Å². The van der Waals surface area contributed by atoms with Gasteiger partial charge in [0.1, 0.15) is 5.82 Å². The van der Waals surface area contributed by atoms with Crippen LogP contribution in [0.15, 0.2) is 23.6 Å². The number of nitrogens with zero attached hydrogens (tertiary/aromatic N) is 1. The van der Waals surface area contributed by atoms with E-state index in [1.165, 1.54) is 12.1 Å². The van der Waals surface area contributed by atoms with E-state index in [0.717, 1.165) is 35.7 Å². The fourth-order valence-electron chi connectivity index (χ4n) is 2.11. The van der Waals surface area contributed by atoms with Crippen LogP contribution in [0.2, 0.25) is 5.02 Å². The van der Waals surface area contributed by atoms with Gasteiger partial charge in [-0.25, -0.2) is 9.37 Å². The van der Waals surface area contributed by atoms with Crippen LogP contribution in [0.25, 0.3) is 0 Å². The molecule has 0 aliphatic rings. The molecule has 0 saturated carbocycles. The lowest BCUT2D eigenvalue weighted by Crippen LogP contribution is -2.24. The normalized spacial score (nSPS) is 12.6. The highest BCUT2D eigenvalue weighted by Crippen LogP contribution is 2.27. The second-order valence-corrected chi connectivity index (χ2v) is 6.20. The summed E-state index contributed by atoms with van der Waals surface area (Å²) in [5.41, 5.74) is 1.97. The zero-order valence-electron chi connectivity index (χ0n) is 11.6. The molecule has 0 aliphatic heterocycles. The molecule has 0 amide bonds. The number of hydrogen-bond acceptors (Lipinski definition) is 3. The Balaban J connectivity index is 2.22. The van der Waals surface area contributed by atoms with Gasteiger partial charge in [-0.05, 0) is 37.6 Å². The van der Waals surface area contributed by atoms with Gasteiger partial charge in [0.25, 0.3) is 0 Å². The third-order valence-corrected chi connectivity index (χ3v) is 4.21. The predicted molar refractivity (Wildman–Crippen MR) is 83.0 cm³/mol. The number of halogens is 2. The summed E-state index contributed by atoms with van der Waals surface area (Å²) >= 11 is 7.82. The molecule has 1 aromatic carbocycles. The fourth-order valence-corrected chi connectivity index (χ4v) is 3.03. The Morgan fingerprint density at radius 3 is 2.85 bits per heavy atom. The van der Waals surface area contributed by atoms with Crippen LogP contribution in [-0.4, -0.2) is 11.5 Å². The standard InChI is InChI=1S/C15H18ClFN2S/c1-3-6-18-15(8-12-9-20-10(2)19-12)13-5-4-11(17)7-14(13)16/h4-5,7,9,15,18H,3,6,8H2,1-2H3. The molecule has 1 atom stereocenters. The van der Waals surface area contributed by atoms with Gasteiger partial charge in [-0.3, -0.25) is 0 Å². The van der Waals surface area contributed by atoms with Gasteiger partial charge in [0.15, 0.2) is 0 Å². The molecule has 2 rings (SSSR count). The maximum atomic E-state index is 13.2. The number of nitrogens with one attached hydrogen (secondary N) is 1. The predicted octanol–water partition coefficient (Wildman–Crippen LogP) is 4.53. The van der Waals surface area contributed by atoms with Gasteiger partial charge in [-0.2, -0.15) is 0 Å². The van der Waals surface area contributed by atoms with Crippen LogP contribution in [0.1, 0.15) is 35.7 Å². The number of aryl methyl sites for hydroxylation is 1. The Morgan fingerprint density at radius 2 is 2.25 bits per heavy atom. The molecule has 0 spiro atoms. The summed E-state index contributed by atoms with van der Waals surface area (Å²) in [5.74, 6) is -0.308. The summed E-state index contributed by atoms with van der Waals surface area (Å²) in [7, 11) is 0. The molecule has 1 heterocycles. The van der Waals surface area contributed by atoms with E-state index in [1.807, 2.05) is 6.92 Å². The molecule has 1 aromatic heterocycles. The van der Waals surface area contributed by atoms with Crippen LogP contribution in [0.4, 0.5) is 4.39 Å². The topological polar surface area (TPSA) is 24.9 Å². The van der Waals surface area contributed by atoms with Crippen molar-refractivity contribution in [3.8, 4) is 0 Å². The molecule has 2 aromatic rings. The number of aromatic nitrogens is 1. The SMILES string of the molecule is CCCNC(Cc1csc(C)n1)c1ccc(F)cc1Cl. The van der Waals surface area contributed by atoms with Gasteiger partial charge < -0.3 is 5.32 Å². The van der Waals surface area contributed by atoms with Crippen LogP contribution in [0, 0.1) is 12.7 Å². The van der Waals surface area contributed by atoms with Crippen molar-refractivity contribution in [3.63, 3.8) is 0 Å². The van der Waals surface area contributed by atoms with Crippen LogP contribution in [0.3, 0.4) is 0 Å². The van der Waals surface area contributed by atoms with E-state index < -0.39 is 0 Å². The summed E-state index contributed by atoms with van der Waals surface area (Å²) in [6.45, 7) is 5.00. The minimum absolute atomic E-state index is 0.0598.